The molecule has 0 saturated heterocycles. The molecule has 0 fully saturated rings. The van der Waals surface area contributed by atoms with E-state index >= 15 is 0 Å². The van der Waals surface area contributed by atoms with Crippen LogP contribution in [0.1, 0.15) is 11.1 Å². The molecule has 0 aliphatic carbocycles. The third kappa shape index (κ3) is 3.61. The first-order valence-electron chi connectivity index (χ1n) is 6.42. The maximum Gasteiger partial charge on any atom is 0.244 e. The molecule has 0 saturated carbocycles. The lowest BCUT2D eigenvalue weighted by Gasteiger charge is -2.11. The van der Waals surface area contributed by atoms with E-state index in [9.17, 15) is 17.2 Å². The molecule has 0 radical (unpaired) electrons. The first-order valence-corrected chi connectivity index (χ1v) is 7.90. The molecule has 2 aromatic carbocycles. The molecular formula is C15H15F2NO3S. The zero-order valence-corrected chi connectivity index (χ0v) is 12.9. The fourth-order valence-corrected chi connectivity index (χ4v) is 3.17. The lowest BCUT2D eigenvalue weighted by atomic mass is 10.2. The number of hydrogen-bond acceptors (Lipinski definition) is 3. The highest BCUT2D eigenvalue weighted by Gasteiger charge is 2.19. The fourth-order valence-electron chi connectivity index (χ4n) is 1.90. The smallest absolute Gasteiger partial charge is 0.244 e. The number of nitrogens with one attached hydrogen (secondary N) is 1. The Labute approximate surface area is 127 Å². The Bertz CT molecular complexity index is 791. The van der Waals surface area contributed by atoms with Crippen LogP contribution in [0.3, 0.4) is 0 Å². The lowest BCUT2D eigenvalue weighted by Crippen LogP contribution is -2.24. The summed E-state index contributed by atoms with van der Waals surface area (Å²) in [6, 6.07) is 7.98. The van der Waals surface area contributed by atoms with E-state index in [1.807, 2.05) is 0 Å². The number of hydrogen-bond donors (Lipinski definition) is 1. The Morgan fingerprint density at radius 2 is 1.82 bits per heavy atom. The van der Waals surface area contributed by atoms with Gasteiger partial charge in [0.25, 0.3) is 0 Å². The Morgan fingerprint density at radius 3 is 2.45 bits per heavy atom. The summed E-state index contributed by atoms with van der Waals surface area (Å²) in [7, 11) is -2.46. The molecule has 1 N–H and O–H groups in total. The second-order valence-electron chi connectivity index (χ2n) is 4.73. The molecule has 0 bridgehead atoms. The molecule has 0 amide bonds. The predicted molar refractivity (Wildman–Crippen MR) is 78.1 cm³/mol. The molecule has 22 heavy (non-hydrogen) atoms. The van der Waals surface area contributed by atoms with Gasteiger partial charge in [-0.3, -0.25) is 0 Å². The quantitative estimate of drug-likeness (QED) is 0.919. The summed E-state index contributed by atoms with van der Waals surface area (Å²) in [6.45, 7) is 1.60. The average Bonchev–Trinajstić information content (AvgIpc) is 2.48. The van der Waals surface area contributed by atoms with Crippen LogP contribution >= 0.6 is 0 Å². The molecule has 2 aromatic rings. The number of halogens is 2. The van der Waals surface area contributed by atoms with Crippen molar-refractivity contribution >= 4 is 10.0 Å². The summed E-state index contributed by atoms with van der Waals surface area (Å²) in [5.41, 5.74) is 1.07. The standard InChI is InChI=1S/C15H15F2NO3S/c1-10-3-6-14(21-2)15(7-10)22(19,20)18-9-11-4-5-12(16)13(17)8-11/h3-8,18H,9H2,1-2H3. The van der Waals surface area contributed by atoms with Crippen LogP contribution in [0.2, 0.25) is 0 Å². The SMILES string of the molecule is COc1ccc(C)cc1S(=O)(=O)NCc1ccc(F)c(F)c1. The van der Waals surface area contributed by atoms with Crippen molar-refractivity contribution in [1.29, 1.82) is 0 Å². The van der Waals surface area contributed by atoms with Gasteiger partial charge in [-0.15, -0.1) is 0 Å². The van der Waals surface area contributed by atoms with Gasteiger partial charge in [0.1, 0.15) is 10.6 Å². The summed E-state index contributed by atoms with van der Waals surface area (Å²) < 4.78 is 58.0. The van der Waals surface area contributed by atoms with E-state index < -0.39 is 21.7 Å². The molecular weight excluding hydrogens is 312 g/mol. The number of methoxy groups -OCH3 is 1. The maximum atomic E-state index is 13.1. The minimum Gasteiger partial charge on any atom is -0.495 e. The molecule has 0 aliphatic heterocycles. The fraction of sp³-hybridized carbons (Fsp3) is 0.200. The summed E-state index contributed by atoms with van der Waals surface area (Å²) >= 11 is 0. The van der Waals surface area contributed by atoms with E-state index in [0.717, 1.165) is 17.7 Å². The molecule has 0 aliphatic rings. The zero-order chi connectivity index (χ0) is 16.3. The third-order valence-electron chi connectivity index (χ3n) is 3.06. The van der Waals surface area contributed by atoms with E-state index in [2.05, 4.69) is 4.72 Å². The van der Waals surface area contributed by atoms with Crippen LogP contribution in [0, 0.1) is 18.6 Å². The van der Waals surface area contributed by atoms with Gasteiger partial charge < -0.3 is 4.74 Å². The normalized spacial score (nSPS) is 11.5. The largest absolute Gasteiger partial charge is 0.495 e. The van der Waals surface area contributed by atoms with E-state index in [1.54, 1.807) is 19.1 Å². The van der Waals surface area contributed by atoms with Gasteiger partial charge in [0.05, 0.1) is 7.11 Å². The molecule has 0 aromatic heterocycles. The van der Waals surface area contributed by atoms with Crippen molar-refractivity contribution in [1.82, 2.24) is 4.72 Å². The molecule has 7 heteroatoms. The van der Waals surface area contributed by atoms with Crippen LogP contribution in [0.15, 0.2) is 41.3 Å². The van der Waals surface area contributed by atoms with Gasteiger partial charge >= 0.3 is 0 Å². The number of benzene rings is 2. The summed E-state index contributed by atoms with van der Waals surface area (Å²) in [6.07, 6.45) is 0. The highest BCUT2D eigenvalue weighted by Crippen LogP contribution is 2.24. The molecule has 2 rings (SSSR count). The van der Waals surface area contributed by atoms with Gasteiger partial charge in [0, 0.05) is 6.54 Å². The van der Waals surface area contributed by atoms with Crippen molar-refractivity contribution in [3.8, 4) is 5.75 Å². The number of aryl methyl sites for hydroxylation is 1. The highest BCUT2D eigenvalue weighted by atomic mass is 32.2. The first kappa shape index (κ1) is 16.4. The van der Waals surface area contributed by atoms with Crippen molar-refractivity contribution in [3.63, 3.8) is 0 Å². The van der Waals surface area contributed by atoms with E-state index in [4.69, 9.17) is 4.74 Å². The van der Waals surface area contributed by atoms with E-state index in [0.29, 0.717) is 5.56 Å². The summed E-state index contributed by atoms with van der Waals surface area (Å²) in [5.74, 6) is -1.79. The number of ether oxygens (including phenoxy) is 1. The molecule has 118 valence electrons. The Morgan fingerprint density at radius 1 is 1.09 bits per heavy atom. The minimum absolute atomic E-state index is 0.00224. The van der Waals surface area contributed by atoms with Gasteiger partial charge in [0.15, 0.2) is 11.6 Å². The molecule has 0 atom stereocenters. The summed E-state index contributed by atoms with van der Waals surface area (Å²) in [4.78, 5) is -0.00224. The topological polar surface area (TPSA) is 55.4 Å². The summed E-state index contributed by atoms with van der Waals surface area (Å²) in [5, 5.41) is 0. The van der Waals surface area contributed by atoms with Crippen LogP contribution in [0.5, 0.6) is 5.75 Å². The molecule has 0 spiro atoms. The van der Waals surface area contributed by atoms with Crippen molar-refractivity contribution < 1.29 is 21.9 Å². The molecule has 0 heterocycles. The van der Waals surface area contributed by atoms with Gasteiger partial charge in [-0.25, -0.2) is 21.9 Å². The highest BCUT2D eigenvalue weighted by molar-refractivity contribution is 7.89. The van der Waals surface area contributed by atoms with E-state index in [-0.39, 0.29) is 17.2 Å². The van der Waals surface area contributed by atoms with Gasteiger partial charge in [-0.2, -0.15) is 0 Å². The Hall–Kier alpha value is -1.99. The third-order valence-corrected chi connectivity index (χ3v) is 4.48. The Balaban J connectivity index is 2.24. The predicted octanol–water partition coefficient (Wildman–Crippen LogP) is 2.76. The number of rotatable bonds is 5. The minimum atomic E-state index is -3.84. The monoisotopic (exact) mass is 327 g/mol. The second-order valence-corrected chi connectivity index (χ2v) is 6.46. The van der Waals surface area contributed by atoms with Crippen LogP contribution in [-0.2, 0) is 16.6 Å². The van der Waals surface area contributed by atoms with Crippen molar-refractivity contribution in [2.24, 2.45) is 0 Å². The van der Waals surface area contributed by atoms with Gasteiger partial charge in [0.2, 0.25) is 10.0 Å². The van der Waals surface area contributed by atoms with Crippen molar-refractivity contribution in [3.05, 3.63) is 59.2 Å². The van der Waals surface area contributed by atoms with Crippen LogP contribution < -0.4 is 9.46 Å². The van der Waals surface area contributed by atoms with Crippen molar-refractivity contribution in [2.45, 2.75) is 18.4 Å². The first-order chi connectivity index (χ1) is 10.3. The molecule has 4 nitrogen and oxygen atoms in total. The van der Waals surface area contributed by atoms with E-state index in [1.165, 1.54) is 19.2 Å². The maximum absolute atomic E-state index is 13.1. The number of sulfonamides is 1. The van der Waals surface area contributed by atoms with Crippen LogP contribution in [-0.4, -0.2) is 15.5 Å². The van der Waals surface area contributed by atoms with Gasteiger partial charge in [-0.1, -0.05) is 12.1 Å². The van der Waals surface area contributed by atoms with Gasteiger partial charge in [-0.05, 0) is 42.3 Å². The average molecular weight is 327 g/mol. The lowest BCUT2D eigenvalue weighted by molar-refractivity contribution is 0.402. The van der Waals surface area contributed by atoms with Crippen molar-refractivity contribution in [2.75, 3.05) is 7.11 Å². The zero-order valence-electron chi connectivity index (χ0n) is 12.1. The van der Waals surface area contributed by atoms with Crippen LogP contribution in [0.25, 0.3) is 0 Å². The van der Waals surface area contributed by atoms with Crippen LogP contribution in [0.4, 0.5) is 8.78 Å². The molecule has 0 unspecified atom stereocenters. The Kier molecular flexibility index (Phi) is 4.77. The second kappa shape index (κ2) is 6.41.